The minimum Gasteiger partial charge on any atom is -0.206 e. The zero-order chi connectivity index (χ0) is 10.9. The van der Waals surface area contributed by atoms with Crippen LogP contribution in [0, 0.1) is 5.92 Å². The van der Waals surface area contributed by atoms with E-state index in [-0.39, 0.29) is 18.5 Å². The van der Waals surface area contributed by atoms with Gasteiger partial charge in [-0.2, -0.15) is 13.1 Å². The molecule has 14 heavy (non-hydrogen) atoms. The summed E-state index contributed by atoms with van der Waals surface area (Å²) in [4.78, 5) is 0. The van der Waals surface area contributed by atoms with Gasteiger partial charge in [0.15, 0.2) is 0 Å². The average molecular weight is 292 g/mol. The molecular weight excluding hydrogens is 280 g/mol. The fraction of sp³-hybridized carbons (Fsp3) is 1.00. The highest BCUT2D eigenvalue weighted by Crippen LogP contribution is 2.30. The predicted octanol–water partition coefficient (Wildman–Crippen LogP) is 1.64. The second-order valence-corrected chi connectivity index (χ2v) is 5.91. The van der Waals surface area contributed by atoms with E-state index in [9.17, 15) is 17.2 Å². The molecule has 3 nitrogen and oxygen atoms in total. The second-order valence-electron chi connectivity index (χ2n) is 3.40. The summed E-state index contributed by atoms with van der Waals surface area (Å²) in [5.41, 5.74) is 0. The van der Waals surface area contributed by atoms with Gasteiger partial charge < -0.3 is 0 Å². The Morgan fingerprint density at radius 3 is 2.57 bits per heavy atom. The van der Waals surface area contributed by atoms with Crippen LogP contribution in [0.2, 0.25) is 0 Å². The molecule has 1 heterocycles. The normalized spacial score (nSPS) is 30.1. The van der Waals surface area contributed by atoms with Gasteiger partial charge in [0.1, 0.15) is 0 Å². The van der Waals surface area contributed by atoms with Crippen molar-refractivity contribution in [2.75, 3.05) is 11.9 Å². The first-order valence-electron chi connectivity index (χ1n) is 4.26. The number of nitrogens with zero attached hydrogens (tertiary/aromatic N) is 1. The maximum Gasteiger partial charge on any atom is 0.350 e. The first-order valence-corrected chi connectivity index (χ1v) is 6.88. The lowest BCUT2D eigenvalue weighted by molar-refractivity contribution is 0.216. The number of alkyl halides is 3. The molecule has 0 aliphatic carbocycles. The van der Waals surface area contributed by atoms with Crippen LogP contribution in [0.1, 0.15) is 13.3 Å². The van der Waals surface area contributed by atoms with E-state index in [1.807, 2.05) is 6.92 Å². The molecule has 1 saturated heterocycles. The topological polar surface area (TPSA) is 37.4 Å². The first-order chi connectivity index (χ1) is 6.41. The predicted molar refractivity (Wildman–Crippen MR) is 53.0 cm³/mol. The zero-order valence-electron chi connectivity index (χ0n) is 7.66. The number of rotatable bonds is 3. The van der Waals surface area contributed by atoms with Gasteiger partial charge in [-0.25, -0.2) is 8.42 Å². The van der Waals surface area contributed by atoms with E-state index in [2.05, 4.69) is 15.9 Å². The van der Waals surface area contributed by atoms with Gasteiger partial charge >= 0.3 is 5.76 Å². The lowest BCUT2D eigenvalue weighted by Gasteiger charge is -2.23. The third kappa shape index (κ3) is 2.09. The molecule has 0 N–H and O–H groups in total. The lowest BCUT2D eigenvalue weighted by atomic mass is 10.1. The Balaban J connectivity index is 2.89. The largest absolute Gasteiger partial charge is 0.350 e. The molecule has 1 rings (SSSR count). The third-order valence-corrected chi connectivity index (χ3v) is 4.76. The fourth-order valence-electron chi connectivity index (χ4n) is 1.62. The van der Waals surface area contributed by atoms with Gasteiger partial charge in [0.05, 0.1) is 0 Å². The Bertz CT molecular complexity index is 296. The van der Waals surface area contributed by atoms with Crippen LogP contribution >= 0.6 is 15.9 Å². The minimum atomic E-state index is -4.40. The van der Waals surface area contributed by atoms with E-state index in [1.54, 1.807) is 0 Å². The molecule has 0 aromatic rings. The zero-order valence-corrected chi connectivity index (χ0v) is 10.1. The van der Waals surface area contributed by atoms with Crippen LogP contribution in [-0.2, 0) is 10.0 Å². The average Bonchev–Trinajstić information content (AvgIpc) is 2.46. The van der Waals surface area contributed by atoms with E-state index in [4.69, 9.17) is 0 Å². The lowest BCUT2D eigenvalue weighted by Crippen LogP contribution is -2.41. The molecule has 0 aromatic heterocycles. The molecule has 0 radical (unpaired) electrons. The minimum absolute atomic E-state index is 0.128. The van der Waals surface area contributed by atoms with Crippen molar-refractivity contribution in [3.05, 3.63) is 0 Å². The van der Waals surface area contributed by atoms with Crippen molar-refractivity contribution in [3.63, 3.8) is 0 Å². The highest BCUT2D eigenvalue weighted by atomic mass is 79.9. The van der Waals surface area contributed by atoms with Gasteiger partial charge in [0.2, 0.25) is 0 Å². The summed E-state index contributed by atoms with van der Waals surface area (Å²) >= 11 is 3.15. The van der Waals surface area contributed by atoms with E-state index in [0.717, 1.165) is 4.31 Å². The van der Waals surface area contributed by atoms with Gasteiger partial charge in [-0.05, 0) is 12.3 Å². The molecule has 2 atom stereocenters. The van der Waals surface area contributed by atoms with Crippen LogP contribution in [0.15, 0.2) is 0 Å². The van der Waals surface area contributed by atoms with Crippen molar-refractivity contribution in [2.45, 2.75) is 25.1 Å². The van der Waals surface area contributed by atoms with Gasteiger partial charge in [-0.3, -0.25) is 0 Å². The Labute approximate surface area is 90.6 Å². The van der Waals surface area contributed by atoms with E-state index < -0.39 is 15.8 Å². The van der Waals surface area contributed by atoms with Crippen molar-refractivity contribution < 1.29 is 17.2 Å². The van der Waals surface area contributed by atoms with Crippen LogP contribution in [0.25, 0.3) is 0 Å². The number of hydrogen-bond donors (Lipinski definition) is 0. The molecule has 0 saturated carbocycles. The van der Waals surface area contributed by atoms with E-state index >= 15 is 0 Å². The smallest absolute Gasteiger partial charge is 0.206 e. The highest BCUT2D eigenvalue weighted by molar-refractivity contribution is 9.09. The standard InChI is InChI=1S/C7H12BrF2NO2S/c1-5-2-3-11(6(5)4-8)14(12,13)7(9)10/h5-7H,2-4H2,1H3. The maximum atomic E-state index is 12.3. The number of sulfonamides is 1. The third-order valence-electron chi connectivity index (χ3n) is 2.54. The molecule has 1 fully saturated rings. The molecule has 0 amide bonds. The van der Waals surface area contributed by atoms with Gasteiger partial charge in [-0.1, -0.05) is 22.9 Å². The van der Waals surface area contributed by atoms with Gasteiger partial charge in [0.25, 0.3) is 10.0 Å². The molecule has 0 aromatic carbocycles. The Hall–Kier alpha value is 0.250. The van der Waals surface area contributed by atoms with E-state index in [0.29, 0.717) is 11.8 Å². The number of halogens is 3. The Morgan fingerprint density at radius 1 is 1.57 bits per heavy atom. The van der Waals surface area contributed by atoms with Gasteiger partial charge in [0, 0.05) is 17.9 Å². The molecule has 1 aliphatic heterocycles. The molecule has 84 valence electrons. The summed E-state index contributed by atoms with van der Waals surface area (Å²) in [7, 11) is -4.40. The Kier molecular flexibility index (Phi) is 3.87. The maximum absolute atomic E-state index is 12.3. The van der Waals surface area contributed by atoms with Crippen LogP contribution in [-0.4, -0.2) is 36.4 Å². The van der Waals surface area contributed by atoms with Gasteiger partial charge in [-0.15, -0.1) is 0 Å². The van der Waals surface area contributed by atoms with Crippen molar-refractivity contribution in [2.24, 2.45) is 5.92 Å². The van der Waals surface area contributed by atoms with Crippen LogP contribution < -0.4 is 0 Å². The monoisotopic (exact) mass is 291 g/mol. The highest BCUT2D eigenvalue weighted by Gasteiger charge is 2.42. The van der Waals surface area contributed by atoms with Crippen LogP contribution in [0.3, 0.4) is 0 Å². The summed E-state index contributed by atoms with van der Waals surface area (Å²) in [5, 5.41) is 0.403. The molecule has 2 unspecified atom stereocenters. The SMILES string of the molecule is CC1CCN(S(=O)(=O)C(F)F)C1CBr. The first kappa shape index (κ1) is 12.3. The van der Waals surface area contributed by atoms with Crippen LogP contribution in [0.4, 0.5) is 8.78 Å². The van der Waals surface area contributed by atoms with E-state index in [1.165, 1.54) is 0 Å². The molecule has 7 heteroatoms. The summed E-state index contributed by atoms with van der Waals surface area (Å²) in [6.45, 7) is 2.07. The van der Waals surface area contributed by atoms with Crippen molar-refractivity contribution in [1.82, 2.24) is 4.31 Å². The molecular formula is C7H12BrF2NO2S. The second kappa shape index (κ2) is 4.40. The van der Waals surface area contributed by atoms with Crippen molar-refractivity contribution in [3.8, 4) is 0 Å². The van der Waals surface area contributed by atoms with Crippen LogP contribution in [0.5, 0.6) is 0 Å². The van der Waals surface area contributed by atoms with Crippen molar-refractivity contribution >= 4 is 26.0 Å². The Morgan fingerprint density at radius 2 is 2.14 bits per heavy atom. The molecule has 1 aliphatic rings. The molecule has 0 bridgehead atoms. The summed E-state index contributed by atoms with van der Waals surface area (Å²) in [6.07, 6.45) is 0.641. The molecule has 0 spiro atoms. The summed E-state index contributed by atoms with van der Waals surface area (Å²) in [6, 6.07) is -0.339. The number of hydrogen-bond acceptors (Lipinski definition) is 2. The van der Waals surface area contributed by atoms with Crippen molar-refractivity contribution in [1.29, 1.82) is 0 Å². The quantitative estimate of drug-likeness (QED) is 0.742. The fourth-order valence-corrected chi connectivity index (χ4v) is 4.02. The summed E-state index contributed by atoms with van der Waals surface area (Å²) < 4.78 is 47.8. The summed E-state index contributed by atoms with van der Waals surface area (Å²) in [5.74, 6) is -3.18.